The normalized spacial score (nSPS) is 11.7. The van der Waals surface area contributed by atoms with Crippen LogP contribution in [0.15, 0.2) is 0 Å². The molecule has 0 aromatic carbocycles. The molecule has 0 rings (SSSR count). The first kappa shape index (κ1) is 11.0. The van der Waals surface area contributed by atoms with Crippen LogP contribution in [-0.2, 0) is 17.6 Å². The van der Waals surface area contributed by atoms with Crippen LogP contribution >= 0.6 is 0 Å². The molecule has 0 aliphatic heterocycles. The first-order chi connectivity index (χ1) is 5.10. The Hall–Kier alpha value is 0.0418. The highest BCUT2D eigenvalue weighted by atomic mass is 28.4. The van der Waals surface area contributed by atoms with E-state index in [9.17, 15) is 0 Å². The van der Waals surface area contributed by atoms with Crippen molar-refractivity contribution in [3.63, 3.8) is 0 Å². The molecule has 8 heteroatoms. The molecular formula is C3H11BO6Si. The first-order valence-electron chi connectivity index (χ1n) is 2.79. The molecule has 0 spiro atoms. The molecule has 0 heterocycles. The maximum Gasteiger partial charge on any atom is 0.667 e. The molecule has 66 valence electrons. The van der Waals surface area contributed by atoms with Crippen molar-refractivity contribution in [2.45, 2.75) is 0 Å². The molecule has 6 nitrogen and oxygen atoms in total. The summed E-state index contributed by atoms with van der Waals surface area (Å²) in [6.45, 7) is 0. The minimum absolute atomic E-state index is 1.29. The summed E-state index contributed by atoms with van der Waals surface area (Å²) < 4.78 is 18.6. The average Bonchev–Trinajstić information content (AvgIpc) is 2.00. The second-order valence-corrected chi connectivity index (χ2v) is 4.02. The maximum absolute atomic E-state index is 8.41. The monoisotopic (exact) mass is 182 g/mol. The summed E-state index contributed by atoms with van der Waals surface area (Å²) in [4.78, 5) is 0. The summed E-state index contributed by atoms with van der Waals surface area (Å²) in [6, 6.07) is 0. The average molecular weight is 182 g/mol. The predicted molar refractivity (Wildman–Crippen MR) is 38.1 cm³/mol. The molecule has 0 aromatic rings. The summed E-state index contributed by atoms with van der Waals surface area (Å²) in [5.74, 6) is 0. The van der Waals surface area contributed by atoms with Gasteiger partial charge in [-0.3, -0.25) is 0 Å². The fourth-order valence-corrected chi connectivity index (χ4v) is 1.57. The van der Waals surface area contributed by atoms with Crippen LogP contribution in [0.5, 0.6) is 0 Å². The van der Waals surface area contributed by atoms with Crippen LogP contribution in [-0.4, -0.2) is 47.7 Å². The minimum Gasteiger partial charge on any atom is -0.402 e. The molecule has 0 unspecified atom stereocenters. The Morgan fingerprint density at radius 1 is 1.00 bits per heavy atom. The highest BCUT2D eigenvalue weighted by Gasteiger charge is 2.45. The van der Waals surface area contributed by atoms with Crippen molar-refractivity contribution in [1.82, 2.24) is 0 Å². The Morgan fingerprint density at radius 2 is 1.36 bits per heavy atom. The van der Waals surface area contributed by atoms with Crippen LogP contribution in [0.2, 0.25) is 0 Å². The van der Waals surface area contributed by atoms with Gasteiger partial charge in [0.1, 0.15) is 0 Å². The topological polar surface area (TPSA) is 77.4 Å². The lowest BCUT2D eigenvalue weighted by atomic mass is 10.3. The third-order valence-electron chi connectivity index (χ3n) is 1.000. The van der Waals surface area contributed by atoms with E-state index in [0.717, 1.165) is 0 Å². The van der Waals surface area contributed by atoms with Crippen LogP contribution < -0.4 is 0 Å². The molecule has 2 N–H and O–H groups in total. The standard InChI is InChI=1S/C3H11BO6Si/c1-7-11(8-2,9-3)10-4(5)6/h5-6H,1-3H3. The van der Waals surface area contributed by atoms with Gasteiger partial charge in [0.2, 0.25) is 0 Å². The lowest BCUT2D eigenvalue weighted by molar-refractivity contribution is 0.0335. The maximum atomic E-state index is 8.41. The second kappa shape index (κ2) is 4.83. The fraction of sp³-hybridized carbons (Fsp3) is 1.00. The van der Waals surface area contributed by atoms with Gasteiger partial charge in [0.05, 0.1) is 0 Å². The van der Waals surface area contributed by atoms with Crippen molar-refractivity contribution in [3.05, 3.63) is 0 Å². The van der Waals surface area contributed by atoms with Gasteiger partial charge in [0.25, 0.3) is 0 Å². The molecule has 0 amide bonds. The lowest BCUT2D eigenvalue weighted by Gasteiger charge is -2.22. The predicted octanol–water partition coefficient (Wildman–Crippen LogP) is -1.65. The smallest absolute Gasteiger partial charge is 0.402 e. The Bertz CT molecular complexity index is 97.7. The van der Waals surface area contributed by atoms with E-state index in [1.165, 1.54) is 21.3 Å². The molecule has 0 bridgehead atoms. The Morgan fingerprint density at radius 3 is 1.45 bits per heavy atom. The van der Waals surface area contributed by atoms with Crippen LogP contribution in [0, 0.1) is 0 Å². The molecule has 0 saturated heterocycles. The van der Waals surface area contributed by atoms with Gasteiger partial charge in [-0.25, -0.2) is 0 Å². The van der Waals surface area contributed by atoms with Gasteiger partial charge < -0.3 is 27.7 Å². The highest BCUT2D eigenvalue weighted by Crippen LogP contribution is 2.07. The highest BCUT2D eigenvalue weighted by molar-refractivity contribution is 6.61. The van der Waals surface area contributed by atoms with E-state index in [2.05, 4.69) is 4.34 Å². The second-order valence-electron chi connectivity index (χ2n) is 1.56. The zero-order valence-corrected chi connectivity index (χ0v) is 7.60. The fourth-order valence-electron chi connectivity index (χ4n) is 0.523. The molecule has 0 saturated carbocycles. The van der Waals surface area contributed by atoms with Crippen molar-refractivity contribution >= 4 is 16.4 Å². The lowest BCUT2D eigenvalue weighted by Crippen LogP contribution is -2.50. The van der Waals surface area contributed by atoms with Crippen LogP contribution in [0.4, 0.5) is 0 Å². The molecule has 0 aromatic heterocycles. The number of hydrogen-bond acceptors (Lipinski definition) is 6. The summed E-state index contributed by atoms with van der Waals surface area (Å²) >= 11 is 0. The quantitative estimate of drug-likeness (QED) is 0.496. The SMILES string of the molecule is CO[Si](OC)(OC)OB(O)O. The van der Waals surface area contributed by atoms with E-state index in [0.29, 0.717) is 0 Å². The molecule has 0 fully saturated rings. The zero-order chi connectivity index (χ0) is 8.91. The van der Waals surface area contributed by atoms with E-state index in [1.54, 1.807) is 0 Å². The van der Waals surface area contributed by atoms with Crippen LogP contribution in [0.3, 0.4) is 0 Å². The van der Waals surface area contributed by atoms with Crippen LogP contribution in [0.1, 0.15) is 0 Å². The van der Waals surface area contributed by atoms with E-state index >= 15 is 0 Å². The Balaban J connectivity index is 4.05. The van der Waals surface area contributed by atoms with E-state index in [4.69, 9.17) is 23.3 Å². The summed E-state index contributed by atoms with van der Waals surface area (Å²) in [5.41, 5.74) is 0. The van der Waals surface area contributed by atoms with Gasteiger partial charge in [-0.15, -0.1) is 0 Å². The third kappa shape index (κ3) is 3.29. The number of hydrogen-bond donors (Lipinski definition) is 2. The first-order valence-corrected chi connectivity index (χ1v) is 4.43. The van der Waals surface area contributed by atoms with Crippen molar-refractivity contribution < 1.29 is 27.7 Å². The van der Waals surface area contributed by atoms with Crippen molar-refractivity contribution in [2.24, 2.45) is 0 Å². The Kier molecular flexibility index (Phi) is 4.85. The minimum atomic E-state index is -3.28. The largest absolute Gasteiger partial charge is 0.667 e. The molecule has 0 radical (unpaired) electrons. The summed E-state index contributed by atoms with van der Waals surface area (Å²) in [5, 5.41) is 16.8. The van der Waals surface area contributed by atoms with Crippen molar-refractivity contribution in [1.29, 1.82) is 0 Å². The summed E-state index contributed by atoms with van der Waals surface area (Å²) in [6.07, 6.45) is 0. The van der Waals surface area contributed by atoms with Crippen molar-refractivity contribution in [3.8, 4) is 0 Å². The van der Waals surface area contributed by atoms with Crippen LogP contribution in [0.25, 0.3) is 0 Å². The van der Waals surface area contributed by atoms with E-state index in [1.807, 2.05) is 0 Å². The van der Waals surface area contributed by atoms with E-state index in [-0.39, 0.29) is 0 Å². The number of rotatable bonds is 5. The van der Waals surface area contributed by atoms with Gasteiger partial charge in [0, 0.05) is 21.3 Å². The van der Waals surface area contributed by atoms with E-state index < -0.39 is 16.4 Å². The molecule has 0 aliphatic rings. The van der Waals surface area contributed by atoms with Gasteiger partial charge >= 0.3 is 16.4 Å². The van der Waals surface area contributed by atoms with Gasteiger partial charge in [-0.1, -0.05) is 0 Å². The Labute approximate surface area is 66.3 Å². The molecule has 0 atom stereocenters. The molecular weight excluding hydrogens is 171 g/mol. The van der Waals surface area contributed by atoms with Gasteiger partial charge in [0.15, 0.2) is 0 Å². The van der Waals surface area contributed by atoms with Crippen molar-refractivity contribution in [2.75, 3.05) is 21.3 Å². The third-order valence-corrected chi connectivity index (χ3v) is 3.00. The molecule has 11 heavy (non-hydrogen) atoms. The van der Waals surface area contributed by atoms with Gasteiger partial charge in [-0.2, -0.15) is 0 Å². The zero-order valence-electron chi connectivity index (χ0n) is 6.60. The summed E-state index contributed by atoms with van der Waals surface area (Å²) in [7, 11) is -1.36. The molecule has 0 aliphatic carbocycles. The van der Waals surface area contributed by atoms with Gasteiger partial charge in [-0.05, 0) is 0 Å².